The Bertz CT molecular complexity index is 572. The van der Waals surface area contributed by atoms with Crippen LogP contribution < -0.4 is 4.90 Å². The minimum Gasteiger partial charge on any atom is -0.480 e. The number of aromatic nitrogens is 1. The molecule has 2 aromatic rings. The van der Waals surface area contributed by atoms with Crippen LogP contribution >= 0.6 is 11.6 Å². The van der Waals surface area contributed by atoms with Gasteiger partial charge in [0.25, 0.3) is 0 Å². The molecule has 2 rings (SSSR count). The van der Waals surface area contributed by atoms with Crippen LogP contribution in [0.5, 0.6) is 0 Å². The molecular weight excluding hydrogens is 276 g/mol. The van der Waals surface area contributed by atoms with Gasteiger partial charge in [0, 0.05) is 23.1 Å². The zero-order valence-corrected chi connectivity index (χ0v) is 11.8. The fraction of sp³-hybridized carbons (Fsp3) is 0.200. The van der Waals surface area contributed by atoms with Gasteiger partial charge in [0.1, 0.15) is 6.54 Å². The van der Waals surface area contributed by atoms with E-state index in [1.807, 2.05) is 31.2 Å². The summed E-state index contributed by atoms with van der Waals surface area (Å²) in [5.41, 5.74) is 1.77. The Kier molecular flexibility index (Phi) is 4.58. The SMILES string of the molecule is CC(c1cccnc1)N(CC(=O)O)c1ccc(Cl)cc1. The topological polar surface area (TPSA) is 53.4 Å². The highest BCUT2D eigenvalue weighted by Crippen LogP contribution is 2.27. The van der Waals surface area contributed by atoms with Gasteiger partial charge < -0.3 is 10.0 Å². The van der Waals surface area contributed by atoms with Gasteiger partial charge in [-0.3, -0.25) is 9.78 Å². The number of anilines is 1. The van der Waals surface area contributed by atoms with Crippen molar-refractivity contribution in [1.29, 1.82) is 0 Å². The van der Waals surface area contributed by atoms with Crippen LogP contribution in [0, 0.1) is 0 Å². The first-order chi connectivity index (χ1) is 9.58. The predicted molar refractivity (Wildman–Crippen MR) is 79.1 cm³/mol. The van der Waals surface area contributed by atoms with Gasteiger partial charge in [-0.25, -0.2) is 0 Å². The second-order valence-electron chi connectivity index (χ2n) is 4.46. The van der Waals surface area contributed by atoms with E-state index in [2.05, 4.69) is 4.98 Å². The molecule has 0 aliphatic heterocycles. The third-order valence-electron chi connectivity index (χ3n) is 3.10. The summed E-state index contributed by atoms with van der Waals surface area (Å²) in [7, 11) is 0. The number of pyridine rings is 1. The van der Waals surface area contributed by atoms with Crippen molar-refractivity contribution in [3.05, 3.63) is 59.4 Å². The standard InChI is InChI=1S/C15H15ClN2O2/c1-11(12-3-2-8-17-9-12)18(10-15(19)20)14-6-4-13(16)5-7-14/h2-9,11H,10H2,1H3,(H,19,20). The third-order valence-corrected chi connectivity index (χ3v) is 3.35. The fourth-order valence-electron chi connectivity index (χ4n) is 2.03. The summed E-state index contributed by atoms with van der Waals surface area (Å²) in [6, 6.07) is 10.8. The highest BCUT2D eigenvalue weighted by molar-refractivity contribution is 6.30. The number of hydrogen-bond acceptors (Lipinski definition) is 3. The molecule has 0 amide bonds. The highest BCUT2D eigenvalue weighted by Gasteiger charge is 2.19. The molecule has 5 heteroatoms. The van der Waals surface area contributed by atoms with Gasteiger partial charge in [-0.05, 0) is 42.8 Å². The molecule has 0 aliphatic carbocycles. The second-order valence-corrected chi connectivity index (χ2v) is 4.90. The molecule has 0 saturated carbocycles. The van der Waals surface area contributed by atoms with Crippen LogP contribution in [0.1, 0.15) is 18.5 Å². The summed E-state index contributed by atoms with van der Waals surface area (Å²) in [4.78, 5) is 17.0. The normalized spacial score (nSPS) is 11.9. The molecule has 1 N–H and O–H groups in total. The Labute approximate surface area is 122 Å². The molecule has 20 heavy (non-hydrogen) atoms. The number of aliphatic carboxylic acids is 1. The molecule has 1 atom stereocenters. The summed E-state index contributed by atoms with van der Waals surface area (Å²) in [5.74, 6) is -0.879. The van der Waals surface area contributed by atoms with Crippen LogP contribution in [-0.2, 0) is 4.79 Å². The minimum absolute atomic E-state index is 0.0856. The Morgan fingerprint density at radius 2 is 2.05 bits per heavy atom. The van der Waals surface area contributed by atoms with E-state index in [0.717, 1.165) is 11.3 Å². The molecule has 104 valence electrons. The molecule has 4 nitrogen and oxygen atoms in total. The molecule has 0 radical (unpaired) electrons. The van der Waals surface area contributed by atoms with E-state index in [1.54, 1.807) is 29.4 Å². The smallest absolute Gasteiger partial charge is 0.323 e. The number of carbonyl (C=O) groups is 1. The van der Waals surface area contributed by atoms with Crippen molar-refractivity contribution in [3.63, 3.8) is 0 Å². The number of hydrogen-bond donors (Lipinski definition) is 1. The lowest BCUT2D eigenvalue weighted by molar-refractivity contribution is -0.135. The van der Waals surface area contributed by atoms with Crippen molar-refractivity contribution >= 4 is 23.3 Å². The molecule has 1 aromatic heterocycles. The number of halogens is 1. The summed E-state index contributed by atoms with van der Waals surface area (Å²) in [5, 5.41) is 9.74. The van der Waals surface area contributed by atoms with Crippen molar-refractivity contribution in [3.8, 4) is 0 Å². The van der Waals surface area contributed by atoms with Crippen LogP contribution in [0.25, 0.3) is 0 Å². The number of carboxylic acid groups (broad SMARTS) is 1. The molecule has 0 fully saturated rings. The van der Waals surface area contributed by atoms with Gasteiger partial charge in [0.15, 0.2) is 0 Å². The summed E-state index contributed by atoms with van der Waals surface area (Å²) >= 11 is 5.87. The van der Waals surface area contributed by atoms with Gasteiger partial charge in [-0.15, -0.1) is 0 Å². The first-order valence-electron chi connectivity index (χ1n) is 6.22. The lowest BCUT2D eigenvalue weighted by atomic mass is 10.1. The summed E-state index contributed by atoms with van der Waals surface area (Å²) in [6.45, 7) is 1.87. The van der Waals surface area contributed by atoms with E-state index in [4.69, 9.17) is 16.7 Å². The van der Waals surface area contributed by atoms with Gasteiger partial charge in [0.05, 0.1) is 6.04 Å². The zero-order valence-electron chi connectivity index (χ0n) is 11.0. The van der Waals surface area contributed by atoms with E-state index in [9.17, 15) is 4.79 Å². The highest BCUT2D eigenvalue weighted by atomic mass is 35.5. The van der Waals surface area contributed by atoms with Crippen LogP contribution in [-0.4, -0.2) is 22.6 Å². The molecular formula is C15H15ClN2O2. The first kappa shape index (κ1) is 14.3. The summed E-state index contributed by atoms with van der Waals surface area (Å²) < 4.78 is 0. The molecule has 0 aliphatic rings. The molecule has 1 heterocycles. The van der Waals surface area contributed by atoms with Gasteiger partial charge in [-0.2, -0.15) is 0 Å². The molecule has 0 bridgehead atoms. The monoisotopic (exact) mass is 290 g/mol. The van der Waals surface area contributed by atoms with Crippen molar-refractivity contribution in [1.82, 2.24) is 4.98 Å². The van der Waals surface area contributed by atoms with Crippen molar-refractivity contribution in [2.75, 3.05) is 11.4 Å². The van der Waals surface area contributed by atoms with Gasteiger partial charge >= 0.3 is 5.97 Å². The third kappa shape index (κ3) is 3.48. The average Bonchev–Trinajstić information content (AvgIpc) is 2.46. The van der Waals surface area contributed by atoms with E-state index in [1.165, 1.54) is 0 Å². The van der Waals surface area contributed by atoms with Gasteiger partial charge in [0.2, 0.25) is 0 Å². The number of nitrogens with zero attached hydrogens (tertiary/aromatic N) is 2. The predicted octanol–water partition coefficient (Wildman–Crippen LogP) is 3.39. The van der Waals surface area contributed by atoms with Crippen LogP contribution in [0.4, 0.5) is 5.69 Å². The maximum atomic E-state index is 11.1. The number of benzene rings is 1. The lowest BCUT2D eigenvalue weighted by Gasteiger charge is -2.30. The minimum atomic E-state index is -0.879. The van der Waals surface area contributed by atoms with E-state index < -0.39 is 5.97 Å². The Balaban J connectivity index is 2.32. The summed E-state index contributed by atoms with van der Waals surface area (Å²) in [6.07, 6.45) is 3.44. The van der Waals surface area contributed by atoms with Crippen molar-refractivity contribution < 1.29 is 9.90 Å². The second kappa shape index (κ2) is 6.39. The van der Waals surface area contributed by atoms with E-state index in [0.29, 0.717) is 5.02 Å². The van der Waals surface area contributed by atoms with E-state index >= 15 is 0 Å². The lowest BCUT2D eigenvalue weighted by Crippen LogP contribution is -2.32. The van der Waals surface area contributed by atoms with Crippen molar-refractivity contribution in [2.24, 2.45) is 0 Å². The van der Waals surface area contributed by atoms with Crippen LogP contribution in [0.15, 0.2) is 48.8 Å². The molecule has 0 saturated heterocycles. The number of carboxylic acids is 1. The zero-order chi connectivity index (χ0) is 14.5. The van der Waals surface area contributed by atoms with Crippen LogP contribution in [0.3, 0.4) is 0 Å². The van der Waals surface area contributed by atoms with E-state index in [-0.39, 0.29) is 12.6 Å². The number of rotatable bonds is 5. The Morgan fingerprint density at radius 3 is 2.60 bits per heavy atom. The maximum Gasteiger partial charge on any atom is 0.323 e. The quantitative estimate of drug-likeness (QED) is 0.917. The fourth-order valence-corrected chi connectivity index (χ4v) is 2.16. The van der Waals surface area contributed by atoms with Crippen molar-refractivity contribution in [2.45, 2.75) is 13.0 Å². The Hall–Kier alpha value is -2.07. The van der Waals surface area contributed by atoms with Crippen LogP contribution in [0.2, 0.25) is 5.02 Å². The first-order valence-corrected chi connectivity index (χ1v) is 6.59. The largest absolute Gasteiger partial charge is 0.480 e. The van der Waals surface area contributed by atoms with Gasteiger partial charge in [-0.1, -0.05) is 17.7 Å². The molecule has 0 spiro atoms. The molecule has 1 unspecified atom stereocenters. The Morgan fingerprint density at radius 1 is 1.35 bits per heavy atom. The average molecular weight is 291 g/mol. The molecule has 1 aromatic carbocycles. The maximum absolute atomic E-state index is 11.1.